The highest BCUT2D eigenvalue weighted by atomic mass is 32.1. The zero-order chi connectivity index (χ0) is 9.52. The van der Waals surface area contributed by atoms with Gasteiger partial charge in [-0.05, 0) is 30.4 Å². The lowest BCUT2D eigenvalue weighted by molar-refractivity contribution is 1.23. The Labute approximate surface area is 83.3 Å². The Morgan fingerprint density at radius 2 is 2.46 bits per heavy atom. The van der Waals surface area contributed by atoms with E-state index in [0.717, 1.165) is 17.9 Å². The third-order valence-corrected chi connectivity index (χ3v) is 1.79. The molecule has 13 heavy (non-hydrogen) atoms. The summed E-state index contributed by atoms with van der Waals surface area (Å²) >= 11 is 4.08. The van der Waals surface area contributed by atoms with E-state index in [0.29, 0.717) is 5.56 Å². The van der Waals surface area contributed by atoms with Gasteiger partial charge in [-0.1, -0.05) is 6.08 Å². The van der Waals surface area contributed by atoms with Crippen LogP contribution in [0.2, 0.25) is 0 Å². The van der Waals surface area contributed by atoms with Crippen molar-refractivity contribution in [3.8, 4) is 6.07 Å². The highest BCUT2D eigenvalue weighted by molar-refractivity contribution is 7.80. The van der Waals surface area contributed by atoms with Crippen molar-refractivity contribution in [3.63, 3.8) is 0 Å². The van der Waals surface area contributed by atoms with Crippen molar-refractivity contribution < 1.29 is 0 Å². The second kappa shape index (κ2) is 5.39. The fourth-order valence-electron chi connectivity index (χ4n) is 0.914. The average Bonchev–Trinajstić information content (AvgIpc) is 2.19. The number of nitriles is 1. The Morgan fingerprint density at radius 3 is 3.15 bits per heavy atom. The summed E-state index contributed by atoms with van der Waals surface area (Å²) in [5, 5.41) is 8.74. The van der Waals surface area contributed by atoms with E-state index in [1.165, 1.54) is 0 Å². The lowest BCUT2D eigenvalue weighted by Gasteiger charge is -1.94. The van der Waals surface area contributed by atoms with Crippen LogP contribution in [0.4, 0.5) is 0 Å². The SMILES string of the molecule is N#Cc1cccnc1C=CCCS. The lowest BCUT2D eigenvalue weighted by Crippen LogP contribution is -1.85. The van der Waals surface area contributed by atoms with Gasteiger partial charge in [-0.25, -0.2) is 0 Å². The van der Waals surface area contributed by atoms with Crippen molar-refractivity contribution in [2.75, 3.05) is 5.75 Å². The summed E-state index contributed by atoms with van der Waals surface area (Å²) in [5.41, 5.74) is 1.34. The predicted octanol–water partition coefficient (Wildman–Crippen LogP) is 2.29. The normalized spacial score (nSPS) is 10.2. The number of allylic oxidation sites excluding steroid dienone is 1. The van der Waals surface area contributed by atoms with E-state index in [2.05, 4.69) is 23.7 Å². The maximum absolute atomic E-state index is 8.74. The zero-order valence-electron chi connectivity index (χ0n) is 7.14. The topological polar surface area (TPSA) is 36.7 Å². The molecule has 0 spiro atoms. The molecule has 66 valence electrons. The van der Waals surface area contributed by atoms with E-state index < -0.39 is 0 Å². The van der Waals surface area contributed by atoms with Gasteiger partial charge in [0.2, 0.25) is 0 Å². The summed E-state index contributed by atoms with van der Waals surface area (Å²) in [6, 6.07) is 5.61. The molecule has 0 fully saturated rings. The molecule has 1 rings (SSSR count). The Balaban J connectivity index is 2.82. The van der Waals surface area contributed by atoms with Crippen LogP contribution < -0.4 is 0 Å². The van der Waals surface area contributed by atoms with Gasteiger partial charge in [0.25, 0.3) is 0 Å². The molecular formula is C10H10N2S. The molecule has 0 N–H and O–H groups in total. The maximum atomic E-state index is 8.74. The number of rotatable bonds is 3. The Bertz CT molecular complexity index is 339. The Morgan fingerprint density at radius 1 is 1.62 bits per heavy atom. The molecule has 0 unspecified atom stereocenters. The first-order valence-electron chi connectivity index (χ1n) is 4.01. The summed E-state index contributed by atoms with van der Waals surface area (Å²) in [7, 11) is 0. The average molecular weight is 190 g/mol. The first-order valence-corrected chi connectivity index (χ1v) is 4.64. The molecule has 0 aliphatic rings. The third-order valence-electron chi connectivity index (χ3n) is 1.53. The monoisotopic (exact) mass is 190 g/mol. The molecule has 1 heterocycles. The molecule has 2 nitrogen and oxygen atoms in total. The van der Waals surface area contributed by atoms with Crippen molar-refractivity contribution >= 4 is 18.7 Å². The van der Waals surface area contributed by atoms with Crippen LogP contribution in [0.15, 0.2) is 24.4 Å². The van der Waals surface area contributed by atoms with Gasteiger partial charge in [-0.3, -0.25) is 4.98 Å². The molecule has 0 bridgehead atoms. The molecule has 3 heteroatoms. The third kappa shape index (κ3) is 2.92. The smallest absolute Gasteiger partial charge is 0.101 e. The maximum Gasteiger partial charge on any atom is 0.101 e. The van der Waals surface area contributed by atoms with Gasteiger partial charge in [0.1, 0.15) is 6.07 Å². The first kappa shape index (κ1) is 9.82. The van der Waals surface area contributed by atoms with E-state index >= 15 is 0 Å². The van der Waals surface area contributed by atoms with Gasteiger partial charge in [0.05, 0.1) is 11.3 Å². The molecule has 0 radical (unpaired) electrons. The molecule has 1 aromatic rings. The number of aromatic nitrogens is 1. The van der Waals surface area contributed by atoms with Crippen molar-refractivity contribution in [1.29, 1.82) is 5.26 Å². The molecule has 0 saturated carbocycles. The summed E-state index contributed by atoms with van der Waals surface area (Å²) < 4.78 is 0. The largest absolute Gasteiger partial charge is 0.256 e. The zero-order valence-corrected chi connectivity index (χ0v) is 8.04. The van der Waals surface area contributed by atoms with E-state index in [-0.39, 0.29) is 0 Å². The van der Waals surface area contributed by atoms with Crippen LogP contribution in [0.25, 0.3) is 6.08 Å². The summed E-state index contributed by atoms with van der Waals surface area (Å²) in [6.45, 7) is 0. The van der Waals surface area contributed by atoms with Crippen LogP contribution in [-0.4, -0.2) is 10.7 Å². The molecule has 0 saturated heterocycles. The van der Waals surface area contributed by atoms with Gasteiger partial charge in [-0.15, -0.1) is 0 Å². The van der Waals surface area contributed by atoms with Gasteiger partial charge in [0, 0.05) is 6.20 Å². The fraction of sp³-hybridized carbons (Fsp3) is 0.200. The fourth-order valence-corrected chi connectivity index (χ4v) is 1.06. The highest BCUT2D eigenvalue weighted by Crippen LogP contribution is 2.05. The van der Waals surface area contributed by atoms with Gasteiger partial charge < -0.3 is 0 Å². The van der Waals surface area contributed by atoms with Crippen LogP contribution in [0.3, 0.4) is 0 Å². The Kier molecular flexibility index (Phi) is 4.07. The van der Waals surface area contributed by atoms with Crippen LogP contribution >= 0.6 is 12.6 Å². The van der Waals surface area contributed by atoms with Crippen LogP contribution in [-0.2, 0) is 0 Å². The van der Waals surface area contributed by atoms with Gasteiger partial charge >= 0.3 is 0 Å². The molecule has 1 aromatic heterocycles. The molecule has 0 atom stereocenters. The molecule has 0 aliphatic carbocycles. The van der Waals surface area contributed by atoms with Crippen LogP contribution in [0.5, 0.6) is 0 Å². The number of hydrogen-bond donors (Lipinski definition) is 1. The number of thiol groups is 1. The summed E-state index contributed by atoms with van der Waals surface area (Å²) in [4.78, 5) is 4.09. The highest BCUT2D eigenvalue weighted by Gasteiger charge is 1.95. The van der Waals surface area contributed by atoms with Crippen molar-refractivity contribution in [1.82, 2.24) is 4.98 Å². The van der Waals surface area contributed by atoms with E-state index in [9.17, 15) is 0 Å². The lowest BCUT2D eigenvalue weighted by atomic mass is 10.2. The van der Waals surface area contributed by atoms with Gasteiger partial charge in [-0.2, -0.15) is 17.9 Å². The van der Waals surface area contributed by atoms with Crippen LogP contribution in [0.1, 0.15) is 17.7 Å². The minimum atomic E-state index is 0.609. The van der Waals surface area contributed by atoms with Crippen molar-refractivity contribution in [3.05, 3.63) is 35.7 Å². The van der Waals surface area contributed by atoms with Crippen molar-refractivity contribution in [2.45, 2.75) is 6.42 Å². The van der Waals surface area contributed by atoms with Crippen molar-refractivity contribution in [2.24, 2.45) is 0 Å². The van der Waals surface area contributed by atoms with E-state index in [1.54, 1.807) is 18.3 Å². The molecule has 0 aliphatic heterocycles. The molecule has 0 aromatic carbocycles. The van der Waals surface area contributed by atoms with E-state index in [4.69, 9.17) is 5.26 Å². The molecular weight excluding hydrogens is 180 g/mol. The minimum absolute atomic E-state index is 0.609. The number of pyridine rings is 1. The second-order valence-corrected chi connectivity index (χ2v) is 2.91. The van der Waals surface area contributed by atoms with Crippen LogP contribution in [0, 0.1) is 11.3 Å². The summed E-state index contributed by atoms with van der Waals surface area (Å²) in [6.07, 6.45) is 6.40. The molecule has 0 amide bonds. The predicted molar refractivity (Wildman–Crippen MR) is 56.5 cm³/mol. The minimum Gasteiger partial charge on any atom is -0.256 e. The standard InChI is InChI=1S/C10H10N2S/c11-8-9-4-3-6-12-10(9)5-1-2-7-13/h1,3-6,13H,2,7H2. The van der Waals surface area contributed by atoms with Gasteiger partial charge in [0.15, 0.2) is 0 Å². The Hall–Kier alpha value is -1.27. The first-order chi connectivity index (χ1) is 6.38. The number of nitrogens with zero attached hydrogens (tertiary/aromatic N) is 2. The summed E-state index contributed by atoms with van der Waals surface area (Å²) in [5.74, 6) is 0.811. The van der Waals surface area contributed by atoms with E-state index in [1.807, 2.05) is 12.2 Å². The quantitative estimate of drug-likeness (QED) is 0.742. The number of hydrogen-bond acceptors (Lipinski definition) is 3. The second-order valence-electron chi connectivity index (χ2n) is 2.46.